The standard InChI is InChI=1S/C22H31NO9/c1-6-17(24)31-15-9-8-14(10-16(15)32-18(25)7-2)19(20(23)21(26)27)13(5)11-29-22(28)30-12(3)4/h8-10,12-13,19-20H,6-7,11,23H2,1-5H3,(H,26,27)/t13?,19?,20-/m0/s1. The number of hydrogen-bond donors (Lipinski definition) is 2. The molecule has 3 atom stereocenters. The first-order valence-electron chi connectivity index (χ1n) is 10.4. The van der Waals surface area contributed by atoms with Gasteiger partial charge in [-0.05, 0) is 37.5 Å². The summed E-state index contributed by atoms with van der Waals surface area (Å²) in [6.45, 7) is 8.05. The van der Waals surface area contributed by atoms with Crippen LogP contribution < -0.4 is 15.2 Å². The number of nitrogens with two attached hydrogens (primary N) is 1. The van der Waals surface area contributed by atoms with Crippen molar-refractivity contribution in [1.29, 1.82) is 0 Å². The van der Waals surface area contributed by atoms with Crippen LogP contribution in [0.2, 0.25) is 0 Å². The SMILES string of the molecule is CCC(=O)Oc1ccc(C(C(C)COC(=O)OC(C)C)[C@H](N)C(=O)O)cc1OC(=O)CC. The van der Waals surface area contributed by atoms with Gasteiger partial charge in [0.05, 0.1) is 12.7 Å². The highest BCUT2D eigenvalue weighted by Gasteiger charge is 2.33. The van der Waals surface area contributed by atoms with Crippen molar-refractivity contribution in [3.8, 4) is 11.5 Å². The van der Waals surface area contributed by atoms with Crippen LogP contribution in [-0.4, -0.2) is 47.9 Å². The van der Waals surface area contributed by atoms with E-state index >= 15 is 0 Å². The van der Waals surface area contributed by atoms with Gasteiger partial charge in [0.15, 0.2) is 11.5 Å². The maximum absolute atomic E-state index is 11.9. The van der Waals surface area contributed by atoms with Gasteiger partial charge in [0.2, 0.25) is 0 Å². The number of rotatable bonds is 11. The number of carboxylic acids is 1. The molecular formula is C22H31NO9. The molecule has 10 nitrogen and oxygen atoms in total. The first-order valence-corrected chi connectivity index (χ1v) is 10.4. The monoisotopic (exact) mass is 453 g/mol. The fourth-order valence-corrected chi connectivity index (χ4v) is 2.86. The zero-order chi connectivity index (χ0) is 24.4. The third-order valence-corrected chi connectivity index (χ3v) is 4.46. The van der Waals surface area contributed by atoms with E-state index in [0.717, 1.165) is 0 Å². The molecule has 0 saturated heterocycles. The molecule has 1 rings (SSSR count). The number of carbonyl (C=O) groups is 4. The summed E-state index contributed by atoms with van der Waals surface area (Å²) in [5.74, 6) is -3.74. The van der Waals surface area contributed by atoms with Gasteiger partial charge < -0.3 is 29.8 Å². The van der Waals surface area contributed by atoms with Crippen molar-refractivity contribution in [2.24, 2.45) is 11.7 Å². The maximum Gasteiger partial charge on any atom is 0.508 e. The first-order chi connectivity index (χ1) is 15.0. The third-order valence-electron chi connectivity index (χ3n) is 4.46. The van der Waals surface area contributed by atoms with Gasteiger partial charge in [0, 0.05) is 18.8 Å². The van der Waals surface area contributed by atoms with Crippen molar-refractivity contribution >= 4 is 24.1 Å². The van der Waals surface area contributed by atoms with Crippen LogP contribution in [0.3, 0.4) is 0 Å². The summed E-state index contributed by atoms with van der Waals surface area (Å²) in [6.07, 6.45) is -1.07. The minimum Gasteiger partial charge on any atom is -0.480 e. The lowest BCUT2D eigenvalue weighted by atomic mass is 9.82. The fraction of sp³-hybridized carbons (Fsp3) is 0.545. The quantitative estimate of drug-likeness (QED) is 0.378. The number of hydrogen-bond acceptors (Lipinski definition) is 9. The zero-order valence-corrected chi connectivity index (χ0v) is 19.0. The van der Waals surface area contributed by atoms with Gasteiger partial charge in [0.1, 0.15) is 6.04 Å². The fourth-order valence-electron chi connectivity index (χ4n) is 2.86. The molecule has 0 aliphatic heterocycles. The van der Waals surface area contributed by atoms with Gasteiger partial charge in [-0.15, -0.1) is 0 Å². The van der Waals surface area contributed by atoms with E-state index in [2.05, 4.69) is 0 Å². The number of carbonyl (C=O) groups excluding carboxylic acids is 3. The molecule has 10 heteroatoms. The largest absolute Gasteiger partial charge is 0.508 e. The van der Waals surface area contributed by atoms with Crippen molar-refractivity contribution < 1.29 is 43.2 Å². The zero-order valence-electron chi connectivity index (χ0n) is 19.0. The number of esters is 2. The molecule has 1 aromatic carbocycles. The minimum absolute atomic E-state index is 0.0226. The van der Waals surface area contributed by atoms with Crippen LogP contribution in [-0.2, 0) is 23.9 Å². The summed E-state index contributed by atoms with van der Waals surface area (Å²) in [5, 5.41) is 9.51. The van der Waals surface area contributed by atoms with Gasteiger partial charge in [-0.25, -0.2) is 4.79 Å². The normalized spacial score (nSPS) is 13.6. The van der Waals surface area contributed by atoms with Crippen LogP contribution in [0.1, 0.15) is 58.9 Å². The molecule has 0 aromatic heterocycles. The summed E-state index contributed by atoms with van der Waals surface area (Å²) in [7, 11) is 0. The topological polar surface area (TPSA) is 151 Å². The molecule has 2 unspecified atom stereocenters. The van der Waals surface area contributed by atoms with Crippen molar-refractivity contribution in [2.45, 2.75) is 65.5 Å². The average Bonchev–Trinajstić information content (AvgIpc) is 2.73. The van der Waals surface area contributed by atoms with Crippen molar-refractivity contribution in [3.63, 3.8) is 0 Å². The van der Waals surface area contributed by atoms with E-state index in [0.29, 0.717) is 5.56 Å². The predicted molar refractivity (Wildman–Crippen MR) is 113 cm³/mol. The average molecular weight is 453 g/mol. The van der Waals surface area contributed by atoms with E-state index < -0.39 is 41.9 Å². The summed E-state index contributed by atoms with van der Waals surface area (Å²) >= 11 is 0. The van der Waals surface area contributed by atoms with E-state index in [9.17, 15) is 24.3 Å². The molecule has 3 N–H and O–H groups in total. The van der Waals surface area contributed by atoms with Gasteiger partial charge >= 0.3 is 24.1 Å². The lowest BCUT2D eigenvalue weighted by Gasteiger charge is -2.28. The molecule has 0 amide bonds. The Morgan fingerprint density at radius 3 is 2.03 bits per heavy atom. The highest BCUT2D eigenvalue weighted by Crippen LogP contribution is 2.36. The molecule has 1 aromatic rings. The van der Waals surface area contributed by atoms with Crippen LogP contribution in [0, 0.1) is 5.92 Å². The molecule has 0 radical (unpaired) electrons. The Labute approximate surface area is 187 Å². The smallest absolute Gasteiger partial charge is 0.480 e. The molecule has 0 fully saturated rings. The second-order valence-corrected chi connectivity index (χ2v) is 7.46. The number of carboxylic acid groups (broad SMARTS) is 1. The summed E-state index contributed by atoms with van der Waals surface area (Å²) < 4.78 is 20.5. The van der Waals surface area contributed by atoms with Crippen LogP contribution in [0.15, 0.2) is 18.2 Å². The lowest BCUT2D eigenvalue weighted by Crippen LogP contribution is -2.40. The highest BCUT2D eigenvalue weighted by molar-refractivity contribution is 5.77. The Bertz CT molecular complexity index is 822. The number of benzene rings is 1. The van der Waals surface area contributed by atoms with E-state index in [1.165, 1.54) is 18.2 Å². The van der Waals surface area contributed by atoms with Crippen LogP contribution >= 0.6 is 0 Å². The van der Waals surface area contributed by atoms with E-state index in [1.54, 1.807) is 34.6 Å². The van der Waals surface area contributed by atoms with E-state index in [1.807, 2.05) is 0 Å². The Morgan fingerprint density at radius 2 is 1.53 bits per heavy atom. The maximum atomic E-state index is 11.9. The Balaban J connectivity index is 3.28. The van der Waals surface area contributed by atoms with Crippen LogP contribution in [0.5, 0.6) is 11.5 Å². The minimum atomic E-state index is -1.35. The van der Waals surface area contributed by atoms with Crippen molar-refractivity contribution in [1.82, 2.24) is 0 Å². The molecule has 0 aliphatic rings. The van der Waals surface area contributed by atoms with Crippen molar-refractivity contribution in [2.75, 3.05) is 6.61 Å². The second-order valence-electron chi connectivity index (χ2n) is 7.46. The van der Waals surface area contributed by atoms with E-state index in [4.69, 9.17) is 24.7 Å². The molecular weight excluding hydrogens is 422 g/mol. The van der Waals surface area contributed by atoms with Crippen LogP contribution in [0.4, 0.5) is 4.79 Å². The molecule has 0 heterocycles. The summed E-state index contributed by atoms with van der Waals surface area (Å²) in [4.78, 5) is 46.9. The van der Waals surface area contributed by atoms with E-state index in [-0.39, 0.29) is 37.1 Å². The molecule has 178 valence electrons. The molecule has 0 spiro atoms. The van der Waals surface area contributed by atoms with Crippen molar-refractivity contribution in [3.05, 3.63) is 23.8 Å². The molecule has 0 bridgehead atoms. The van der Waals surface area contributed by atoms with Gasteiger partial charge in [0.25, 0.3) is 0 Å². The summed E-state index contributed by atoms with van der Waals surface area (Å²) in [6, 6.07) is 2.98. The number of ether oxygens (including phenoxy) is 4. The third kappa shape index (κ3) is 8.18. The first kappa shape index (κ1) is 26.9. The predicted octanol–water partition coefficient (Wildman–Crippen LogP) is 3.01. The Kier molecular flexibility index (Phi) is 10.6. The number of aliphatic carboxylic acids is 1. The molecule has 0 saturated carbocycles. The van der Waals surface area contributed by atoms with Gasteiger partial charge in [-0.1, -0.05) is 26.8 Å². The van der Waals surface area contributed by atoms with Crippen LogP contribution in [0.25, 0.3) is 0 Å². The summed E-state index contributed by atoms with van der Waals surface area (Å²) in [5.41, 5.74) is 6.34. The second kappa shape index (κ2) is 12.7. The van der Waals surface area contributed by atoms with Gasteiger partial charge in [-0.2, -0.15) is 0 Å². The lowest BCUT2D eigenvalue weighted by molar-refractivity contribution is -0.139. The molecule has 32 heavy (non-hydrogen) atoms. The Hall–Kier alpha value is -3.14. The molecule has 0 aliphatic carbocycles. The highest BCUT2D eigenvalue weighted by atomic mass is 16.7. The van der Waals surface area contributed by atoms with Gasteiger partial charge in [-0.3, -0.25) is 14.4 Å². The Morgan fingerprint density at radius 1 is 0.969 bits per heavy atom.